The fourth-order valence-corrected chi connectivity index (χ4v) is 2.90. The van der Waals surface area contributed by atoms with Crippen molar-refractivity contribution in [1.29, 1.82) is 0 Å². The molecule has 0 aliphatic rings. The molecule has 0 bridgehead atoms. The number of nitrogens with zero attached hydrogens (tertiary/aromatic N) is 5. The fraction of sp³-hybridized carbons (Fsp3) is 0.250. The number of hydrogen-bond donors (Lipinski definition) is 3. The molecule has 35 heavy (non-hydrogen) atoms. The van der Waals surface area contributed by atoms with E-state index in [1.807, 2.05) is 5.32 Å². The number of halogens is 3. The number of hydrogen-bond acceptors (Lipinski definition) is 9. The lowest BCUT2D eigenvalue weighted by molar-refractivity contribution is -0.137. The van der Waals surface area contributed by atoms with Gasteiger partial charge in [0.2, 0.25) is 16.0 Å². The van der Waals surface area contributed by atoms with Gasteiger partial charge in [-0.15, -0.1) is 0 Å². The van der Waals surface area contributed by atoms with Crippen LogP contribution in [0.4, 0.5) is 36.4 Å². The third-order valence-corrected chi connectivity index (χ3v) is 5.38. The molecule has 3 rings (SSSR count). The summed E-state index contributed by atoms with van der Waals surface area (Å²) in [6.45, 7) is -5.86. The minimum Gasteiger partial charge on any atom is -0.364 e. The Morgan fingerprint density at radius 1 is 1.23 bits per heavy atom. The van der Waals surface area contributed by atoms with Gasteiger partial charge in [0.15, 0.2) is 5.82 Å². The van der Waals surface area contributed by atoms with E-state index in [2.05, 4.69) is 25.3 Å². The molecule has 3 aromatic rings. The summed E-state index contributed by atoms with van der Waals surface area (Å²) in [6.07, 6.45) is -1.88. The molecule has 2 aromatic heterocycles. The molecular formula is C20H21F3N8O3S. The van der Waals surface area contributed by atoms with E-state index in [1.165, 1.54) is 0 Å². The minimum atomic E-state index is -5.08. The van der Waals surface area contributed by atoms with Crippen molar-refractivity contribution in [2.45, 2.75) is 12.7 Å². The number of amides is 1. The first-order valence-corrected chi connectivity index (χ1v) is 11.1. The van der Waals surface area contributed by atoms with Crippen molar-refractivity contribution < 1.29 is 36.0 Å². The second kappa shape index (κ2) is 10.1. The number of anilines is 4. The summed E-state index contributed by atoms with van der Waals surface area (Å²) < 4.78 is 120. The first-order valence-electron chi connectivity index (χ1n) is 12.8. The minimum absolute atomic E-state index is 0.143. The Kier molecular flexibility index (Phi) is 5.02. The fourth-order valence-electron chi connectivity index (χ4n) is 2.45. The molecular weight excluding hydrogens is 489 g/mol. The van der Waals surface area contributed by atoms with E-state index in [0.29, 0.717) is 10.5 Å². The van der Waals surface area contributed by atoms with Gasteiger partial charge in [-0.3, -0.25) is 14.1 Å². The topological polar surface area (TPSA) is 142 Å². The van der Waals surface area contributed by atoms with Crippen LogP contribution in [0.5, 0.6) is 0 Å². The third kappa shape index (κ3) is 6.32. The highest BCUT2D eigenvalue weighted by Crippen LogP contribution is 2.34. The zero-order chi connectivity index (χ0) is 31.8. The van der Waals surface area contributed by atoms with E-state index in [9.17, 15) is 26.4 Å². The van der Waals surface area contributed by atoms with Crippen LogP contribution in [0.25, 0.3) is 0 Å². The average Bonchev–Trinajstić information content (AvgIpc) is 2.80. The Morgan fingerprint density at radius 3 is 2.54 bits per heavy atom. The SMILES string of the molecule is [2H]c1cc(Nc2ncc(C(F)(F)F)c(NC([2H])([2H])c3nccnc3N(C)S(C)(=O)=O)n2)cc([2H])c1C(=O)NC([2H])([2H])[2H]. The Bertz CT molecular complexity index is 1600. The van der Waals surface area contributed by atoms with Crippen LogP contribution in [0.3, 0.4) is 0 Å². The number of alkyl halides is 3. The molecule has 0 spiro atoms. The van der Waals surface area contributed by atoms with Gasteiger partial charge in [-0.25, -0.2) is 18.4 Å². The van der Waals surface area contributed by atoms with Gasteiger partial charge in [0, 0.05) is 48.0 Å². The number of nitrogens with one attached hydrogen (secondary N) is 3. The van der Waals surface area contributed by atoms with Crippen LogP contribution in [-0.4, -0.2) is 54.5 Å². The predicted octanol–water partition coefficient (Wildman–Crippen LogP) is 2.40. The number of sulfonamides is 1. The van der Waals surface area contributed by atoms with Gasteiger partial charge in [-0.1, -0.05) is 0 Å². The molecule has 186 valence electrons. The van der Waals surface area contributed by atoms with Crippen LogP contribution in [-0.2, 0) is 22.7 Å². The zero-order valence-electron chi connectivity index (χ0n) is 24.9. The van der Waals surface area contributed by atoms with Crippen LogP contribution in [0, 0.1) is 0 Å². The maximum atomic E-state index is 13.8. The van der Waals surface area contributed by atoms with Gasteiger partial charge < -0.3 is 16.0 Å². The maximum absolute atomic E-state index is 13.8. The van der Waals surface area contributed by atoms with E-state index < -0.39 is 82.1 Å². The molecule has 2 heterocycles. The number of rotatable bonds is 8. The van der Waals surface area contributed by atoms with Crippen molar-refractivity contribution in [3.63, 3.8) is 0 Å². The van der Waals surface area contributed by atoms with E-state index >= 15 is 0 Å². The van der Waals surface area contributed by atoms with Gasteiger partial charge >= 0.3 is 6.18 Å². The second-order valence-electron chi connectivity index (χ2n) is 6.65. The summed E-state index contributed by atoms with van der Waals surface area (Å²) in [6, 6.07) is 0.733. The molecule has 1 aromatic carbocycles. The third-order valence-electron chi connectivity index (χ3n) is 4.21. The monoisotopic (exact) mass is 517 g/mol. The van der Waals surface area contributed by atoms with Gasteiger partial charge in [0.25, 0.3) is 5.91 Å². The molecule has 0 saturated carbocycles. The van der Waals surface area contributed by atoms with Crippen molar-refractivity contribution >= 4 is 39.2 Å². The number of aromatic nitrogens is 4. The van der Waals surface area contributed by atoms with E-state index in [4.69, 9.17) is 9.60 Å². The maximum Gasteiger partial charge on any atom is 0.421 e. The Labute approximate surface area is 208 Å². The lowest BCUT2D eigenvalue weighted by Crippen LogP contribution is -2.27. The quantitative estimate of drug-likeness (QED) is 0.410. The normalized spacial score (nSPS) is 15.3. The summed E-state index contributed by atoms with van der Waals surface area (Å²) in [4.78, 5) is 27.0. The first-order chi connectivity index (χ1) is 19.1. The van der Waals surface area contributed by atoms with Gasteiger partial charge in [-0.2, -0.15) is 18.2 Å². The van der Waals surface area contributed by atoms with E-state index in [1.54, 1.807) is 5.32 Å². The van der Waals surface area contributed by atoms with Crippen molar-refractivity contribution in [3.8, 4) is 0 Å². The average molecular weight is 518 g/mol. The van der Waals surface area contributed by atoms with Crippen molar-refractivity contribution in [2.75, 3.05) is 35.2 Å². The van der Waals surface area contributed by atoms with Gasteiger partial charge in [-0.05, 0) is 24.2 Å². The summed E-state index contributed by atoms with van der Waals surface area (Å²) in [5, 5.41) is 6.06. The van der Waals surface area contributed by atoms with Crippen molar-refractivity contribution in [3.05, 3.63) is 59.6 Å². The highest BCUT2D eigenvalue weighted by atomic mass is 32.2. The van der Waals surface area contributed by atoms with Crippen LogP contribution in [0.1, 0.15) is 31.2 Å². The summed E-state index contributed by atoms with van der Waals surface area (Å²) in [5.41, 5.74) is -2.91. The molecule has 11 nitrogen and oxygen atoms in total. The zero-order valence-corrected chi connectivity index (χ0v) is 18.7. The summed E-state index contributed by atoms with van der Waals surface area (Å²) >= 11 is 0. The molecule has 0 fully saturated rings. The Morgan fingerprint density at radius 2 is 1.91 bits per heavy atom. The van der Waals surface area contributed by atoms with Crippen molar-refractivity contribution in [1.82, 2.24) is 25.3 Å². The number of benzene rings is 1. The van der Waals surface area contributed by atoms with Crippen LogP contribution < -0.4 is 20.3 Å². The first kappa shape index (κ1) is 17.4. The molecule has 0 saturated heterocycles. The van der Waals surface area contributed by atoms with Crippen LogP contribution in [0.15, 0.2) is 42.8 Å². The molecule has 0 radical (unpaired) electrons. The number of carbonyl (C=O) groups is 1. The van der Waals surface area contributed by atoms with Gasteiger partial charge in [0.05, 0.1) is 18.2 Å². The van der Waals surface area contributed by atoms with E-state index in [0.717, 1.165) is 37.8 Å². The molecule has 15 heteroatoms. The predicted molar refractivity (Wildman–Crippen MR) is 123 cm³/mol. The molecule has 3 N–H and O–H groups in total. The highest BCUT2D eigenvalue weighted by molar-refractivity contribution is 7.92. The van der Waals surface area contributed by atoms with Crippen molar-refractivity contribution in [2.24, 2.45) is 0 Å². The largest absolute Gasteiger partial charge is 0.421 e. The smallest absolute Gasteiger partial charge is 0.364 e. The lowest BCUT2D eigenvalue weighted by Gasteiger charge is -2.19. The molecule has 0 aliphatic carbocycles. The standard InChI is InChI=1S/C20H21F3N8O3S/c1-24-18(32)12-4-6-13(7-5-12)29-19-28-10-14(20(21,22)23)16(30-19)27-11-15-17(26-9-8-25-15)31(2)35(3,33)34/h4-10H,11H2,1-3H3,(H,24,32)(H2,27,28,29,30)/i1D3,4D,5D,11D2. The van der Waals surface area contributed by atoms with Crippen LogP contribution >= 0.6 is 0 Å². The lowest BCUT2D eigenvalue weighted by atomic mass is 10.2. The molecule has 0 aliphatic heterocycles. The number of carbonyl (C=O) groups excluding carboxylic acids is 1. The molecule has 0 unspecified atom stereocenters. The van der Waals surface area contributed by atoms with Crippen LogP contribution in [0.2, 0.25) is 0 Å². The summed E-state index contributed by atoms with van der Waals surface area (Å²) in [5.74, 6) is -3.38. The second-order valence-corrected chi connectivity index (χ2v) is 8.66. The Hall–Kier alpha value is -4.01. The highest BCUT2D eigenvalue weighted by Gasteiger charge is 2.35. The van der Waals surface area contributed by atoms with Gasteiger partial charge in [0.1, 0.15) is 17.1 Å². The molecule has 1 amide bonds. The summed E-state index contributed by atoms with van der Waals surface area (Å²) in [7, 11) is -2.92. The molecule has 0 atom stereocenters. The van der Waals surface area contributed by atoms with E-state index in [-0.39, 0.29) is 5.69 Å². The Balaban J connectivity index is 2.02.